The van der Waals surface area contributed by atoms with Gasteiger partial charge in [-0.1, -0.05) is 23.7 Å². The largest absolute Gasteiger partial charge is 0.441 e. The van der Waals surface area contributed by atoms with Gasteiger partial charge in [0.1, 0.15) is 5.69 Å². The van der Waals surface area contributed by atoms with Crippen LogP contribution in [0, 0.1) is 0 Å². The first-order chi connectivity index (χ1) is 7.24. The number of aryl methyl sites for hydroxylation is 1. The minimum Gasteiger partial charge on any atom is -0.295 e. The molecule has 0 aliphatic heterocycles. The van der Waals surface area contributed by atoms with Gasteiger partial charge in [0.15, 0.2) is 5.69 Å². The van der Waals surface area contributed by atoms with E-state index in [9.17, 15) is 4.79 Å². The van der Waals surface area contributed by atoms with E-state index < -0.39 is 5.76 Å². The molecule has 0 N–H and O–H groups in total. The van der Waals surface area contributed by atoms with Gasteiger partial charge in [0.2, 0.25) is 5.82 Å². The molecule has 0 aromatic carbocycles. The topological polar surface area (TPSA) is 87.0 Å². The molecule has 0 atom stereocenters. The molecule has 80 valence electrons. The third-order valence-corrected chi connectivity index (χ3v) is 2.06. The van der Waals surface area contributed by atoms with Gasteiger partial charge in [0, 0.05) is 7.05 Å². The monoisotopic (exact) mass is 210 g/mol. The molecular weight excluding hydrogens is 200 g/mol. The summed E-state index contributed by atoms with van der Waals surface area (Å²) in [5.74, 6) is -0.194. The average molecular weight is 210 g/mol. The zero-order chi connectivity index (χ0) is 10.8. The molecule has 2 heterocycles. The lowest BCUT2D eigenvalue weighted by Crippen LogP contribution is -2.10. The molecule has 2 rings (SSSR count). The molecule has 0 spiro atoms. The lowest BCUT2D eigenvalue weighted by Gasteiger charge is -1.94. The predicted molar refractivity (Wildman–Crippen MR) is 49.0 cm³/mol. The zero-order valence-corrected chi connectivity index (χ0v) is 8.43. The molecule has 0 saturated carbocycles. The van der Waals surface area contributed by atoms with Crippen LogP contribution in [-0.4, -0.2) is 20.0 Å². The van der Waals surface area contributed by atoms with Gasteiger partial charge in [-0.2, -0.15) is 0 Å². The van der Waals surface area contributed by atoms with Crippen molar-refractivity contribution in [1.82, 2.24) is 20.0 Å². The number of aromatic nitrogens is 4. The van der Waals surface area contributed by atoms with Gasteiger partial charge in [-0.3, -0.25) is 9.09 Å². The van der Waals surface area contributed by atoms with Crippen molar-refractivity contribution in [2.24, 2.45) is 7.05 Å². The maximum Gasteiger partial charge on any atom is 0.441 e. The predicted octanol–water partition coefficient (Wildman–Crippen LogP) is 0.376. The number of nitrogens with zero attached hydrogens (tertiary/aromatic N) is 4. The Kier molecular flexibility index (Phi) is 2.36. The summed E-state index contributed by atoms with van der Waals surface area (Å²) in [4.78, 5) is 11.1. The van der Waals surface area contributed by atoms with E-state index >= 15 is 0 Å². The molecule has 0 unspecified atom stereocenters. The molecule has 7 nitrogen and oxygen atoms in total. The van der Waals surface area contributed by atoms with Crippen LogP contribution in [0.3, 0.4) is 0 Å². The van der Waals surface area contributed by atoms with Crippen molar-refractivity contribution >= 4 is 0 Å². The molecule has 2 aromatic heterocycles. The summed E-state index contributed by atoms with van der Waals surface area (Å²) in [7, 11) is 1.55. The van der Waals surface area contributed by atoms with Crippen LogP contribution < -0.4 is 5.76 Å². The van der Waals surface area contributed by atoms with Gasteiger partial charge in [-0.05, 0) is 11.6 Å². The molecule has 15 heavy (non-hydrogen) atoms. The molecule has 0 bridgehead atoms. The third-order valence-electron chi connectivity index (χ3n) is 2.06. The second-order valence-corrected chi connectivity index (χ2v) is 3.14. The maximum absolute atomic E-state index is 11.1. The van der Waals surface area contributed by atoms with Crippen LogP contribution in [0.25, 0.3) is 11.5 Å². The van der Waals surface area contributed by atoms with Gasteiger partial charge in [-0.25, -0.2) is 9.42 Å². The van der Waals surface area contributed by atoms with E-state index in [1.54, 1.807) is 7.05 Å². The summed E-state index contributed by atoms with van der Waals surface area (Å²) in [6, 6.07) is 0. The number of hydrogen-bond acceptors (Lipinski definition) is 6. The number of rotatable bonds is 3. The molecule has 0 aliphatic rings. The highest BCUT2D eigenvalue weighted by Crippen LogP contribution is 2.17. The van der Waals surface area contributed by atoms with Gasteiger partial charge in [0.05, 0.1) is 0 Å². The fourth-order valence-electron chi connectivity index (χ4n) is 1.27. The lowest BCUT2D eigenvalue weighted by molar-refractivity contribution is 0.304. The van der Waals surface area contributed by atoms with Gasteiger partial charge in [-0.15, -0.1) is 0 Å². The standard InChI is InChI=1S/C8H10N4O3/c1-3-4-5-6(10-15-9-5)7-11-14-8(13)12(7)2/h3-4H2,1-2H3. The van der Waals surface area contributed by atoms with Crippen LogP contribution in [-0.2, 0) is 13.5 Å². The fraction of sp³-hybridized carbons (Fsp3) is 0.500. The van der Waals surface area contributed by atoms with Crippen molar-refractivity contribution in [3.63, 3.8) is 0 Å². The van der Waals surface area contributed by atoms with Gasteiger partial charge in [0.25, 0.3) is 0 Å². The smallest absolute Gasteiger partial charge is 0.295 e. The van der Waals surface area contributed by atoms with Gasteiger partial charge < -0.3 is 0 Å². The summed E-state index contributed by atoms with van der Waals surface area (Å²) in [5.41, 5.74) is 1.15. The Balaban J connectivity index is 2.49. The summed E-state index contributed by atoms with van der Waals surface area (Å²) < 4.78 is 10.4. The van der Waals surface area contributed by atoms with Crippen LogP contribution in [0.4, 0.5) is 0 Å². The Morgan fingerprint density at radius 1 is 1.33 bits per heavy atom. The van der Waals surface area contributed by atoms with E-state index in [1.165, 1.54) is 4.57 Å². The van der Waals surface area contributed by atoms with Crippen LogP contribution in [0.15, 0.2) is 13.9 Å². The molecule has 7 heteroatoms. The molecule has 0 fully saturated rings. The summed E-state index contributed by atoms with van der Waals surface area (Å²) in [5, 5.41) is 11.1. The first-order valence-electron chi connectivity index (χ1n) is 4.58. The second-order valence-electron chi connectivity index (χ2n) is 3.14. The Labute approximate surface area is 84.6 Å². The van der Waals surface area contributed by atoms with Crippen molar-refractivity contribution in [1.29, 1.82) is 0 Å². The summed E-state index contributed by atoms with van der Waals surface area (Å²) in [6.45, 7) is 2.01. The van der Waals surface area contributed by atoms with E-state index in [0.717, 1.165) is 12.8 Å². The van der Waals surface area contributed by atoms with E-state index in [1.807, 2.05) is 6.92 Å². The highest BCUT2D eigenvalue weighted by Gasteiger charge is 2.18. The molecular formula is C8H10N4O3. The first-order valence-corrected chi connectivity index (χ1v) is 4.58. The first kappa shape index (κ1) is 9.63. The summed E-state index contributed by atoms with van der Waals surface area (Å²) >= 11 is 0. The summed E-state index contributed by atoms with van der Waals surface area (Å²) in [6.07, 6.45) is 1.63. The zero-order valence-electron chi connectivity index (χ0n) is 8.43. The van der Waals surface area contributed by atoms with E-state index in [4.69, 9.17) is 0 Å². The van der Waals surface area contributed by atoms with Crippen molar-refractivity contribution < 1.29 is 9.15 Å². The average Bonchev–Trinajstić information content (AvgIpc) is 2.77. The normalized spacial score (nSPS) is 10.8. The molecule has 2 aromatic rings. The maximum atomic E-state index is 11.1. The van der Waals surface area contributed by atoms with E-state index in [0.29, 0.717) is 17.2 Å². The van der Waals surface area contributed by atoms with Crippen molar-refractivity contribution in [2.75, 3.05) is 0 Å². The molecule has 0 amide bonds. The van der Waals surface area contributed by atoms with Crippen molar-refractivity contribution in [3.05, 3.63) is 16.2 Å². The number of hydrogen-bond donors (Lipinski definition) is 0. The van der Waals surface area contributed by atoms with Crippen LogP contribution in [0.2, 0.25) is 0 Å². The van der Waals surface area contributed by atoms with Crippen LogP contribution in [0.1, 0.15) is 19.0 Å². The Hall–Kier alpha value is -1.92. The Bertz CT molecular complexity index is 510. The molecule has 0 aliphatic carbocycles. The van der Waals surface area contributed by atoms with Gasteiger partial charge >= 0.3 is 5.76 Å². The van der Waals surface area contributed by atoms with E-state index in [2.05, 4.69) is 24.6 Å². The quantitative estimate of drug-likeness (QED) is 0.727. The highest BCUT2D eigenvalue weighted by molar-refractivity contribution is 5.50. The Morgan fingerprint density at radius 3 is 2.73 bits per heavy atom. The van der Waals surface area contributed by atoms with Crippen LogP contribution >= 0.6 is 0 Å². The minimum atomic E-state index is -0.532. The van der Waals surface area contributed by atoms with Crippen LogP contribution in [0.5, 0.6) is 0 Å². The third kappa shape index (κ3) is 1.56. The van der Waals surface area contributed by atoms with Crippen molar-refractivity contribution in [2.45, 2.75) is 19.8 Å². The lowest BCUT2D eigenvalue weighted by atomic mass is 10.2. The minimum absolute atomic E-state index is 0.338. The Morgan fingerprint density at radius 2 is 2.13 bits per heavy atom. The highest BCUT2D eigenvalue weighted by atomic mass is 16.6. The fourth-order valence-corrected chi connectivity index (χ4v) is 1.27. The van der Waals surface area contributed by atoms with Crippen molar-refractivity contribution in [3.8, 4) is 11.5 Å². The SMILES string of the molecule is CCCc1nonc1-c1noc(=O)n1C. The molecule has 0 radical (unpaired) electrons. The molecule has 0 saturated heterocycles. The van der Waals surface area contributed by atoms with E-state index in [-0.39, 0.29) is 0 Å². The second kappa shape index (κ2) is 3.68.